The van der Waals surface area contributed by atoms with E-state index in [1.54, 1.807) is 31.2 Å². The van der Waals surface area contributed by atoms with Gasteiger partial charge in [0.15, 0.2) is 0 Å². The summed E-state index contributed by atoms with van der Waals surface area (Å²) in [6.45, 7) is 1.77. The maximum absolute atomic E-state index is 12.5. The lowest BCUT2D eigenvalue weighted by atomic mass is 10.2. The fraction of sp³-hybridized carbons (Fsp3) is 0.250. The molecule has 0 N–H and O–H groups in total. The van der Waals surface area contributed by atoms with E-state index >= 15 is 0 Å². The minimum absolute atomic E-state index is 0.0899. The molecule has 7 nitrogen and oxygen atoms in total. The Hall–Kier alpha value is -2.16. The Bertz CT molecular complexity index is 869. The summed E-state index contributed by atoms with van der Waals surface area (Å²) in [7, 11) is -2.45. The van der Waals surface area contributed by atoms with E-state index < -0.39 is 14.9 Å². The number of ether oxygens (including phenoxy) is 1. The van der Waals surface area contributed by atoms with Crippen LogP contribution in [-0.2, 0) is 10.0 Å². The van der Waals surface area contributed by atoms with Crippen LogP contribution in [0.1, 0.15) is 5.56 Å². The van der Waals surface area contributed by atoms with E-state index in [0.717, 1.165) is 10.4 Å². The number of benzene rings is 2. The zero-order valence-corrected chi connectivity index (χ0v) is 15.2. The van der Waals surface area contributed by atoms with Crippen molar-refractivity contribution in [1.82, 2.24) is 4.31 Å². The molecule has 0 bridgehead atoms. The van der Waals surface area contributed by atoms with Crippen LogP contribution in [0.3, 0.4) is 0 Å². The topological polar surface area (TPSA) is 89.8 Å². The van der Waals surface area contributed by atoms with Gasteiger partial charge in [0, 0.05) is 30.2 Å². The van der Waals surface area contributed by atoms with Crippen molar-refractivity contribution in [2.24, 2.45) is 0 Å². The number of hydrogen-bond acceptors (Lipinski definition) is 5. The van der Waals surface area contributed by atoms with Crippen molar-refractivity contribution in [3.63, 3.8) is 0 Å². The number of halogens is 1. The molecule has 2 aromatic rings. The van der Waals surface area contributed by atoms with Crippen LogP contribution in [0.5, 0.6) is 5.75 Å². The summed E-state index contributed by atoms with van der Waals surface area (Å²) in [5, 5.41) is 11.6. The summed E-state index contributed by atoms with van der Waals surface area (Å²) in [6.07, 6.45) is 0. The molecule has 0 saturated carbocycles. The molecule has 0 aromatic heterocycles. The fourth-order valence-corrected chi connectivity index (χ4v) is 3.37. The first kappa shape index (κ1) is 19.2. The molecule has 0 atom stereocenters. The van der Waals surface area contributed by atoms with Crippen LogP contribution in [0.25, 0.3) is 0 Å². The second-order valence-electron chi connectivity index (χ2n) is 5.33. The van der Waals surface area contributed by atoms with Crippen molar-refractivity contribution in [2.75, 3.05) is 20.2 Å². The first-order valence-corrected chi connectivity index (χ1v) is 9.13. The molecule has 0 aliphatic heterocycles. The molecule has 2 rings (SSSR count). The Kier molecular flexibility index (Phi) is 5.99. The molecule has 0 amide bonds. The molecule has 134 valence electrons. The zero-order valence-electron chi connectivity index (χ0n) is 13.7. The summed E-state index contributed by atoms with van der Waals surface area (Å²) in [6, 6.07) is 10.5. The Morgan fingerprint density at radius 3 is 2.44 bits per heavy atom. The molecular formula is C16H17ClN2O5S. The molecule has 0 saturated heterocycles. The predicted octanol–water partition coefficient (Wildman–Crippen LogP) is 3.26. The molecule has 9 heteroatoms. The maximum atomic E-state index is 12.5. The quantitative estimate of drug-likeness (QED) is 0.540. The number of nitrogens with zero attached hydrogens (tertiary/aromatic N) is 2. The zero-order chi connectivity index (χ0) is 18.6. The van der Waals surface area contributed by atoms with Gasteiger partial charge in [-0.25, -0.2) is 8.42 Å². The van der Waals surface area contributed by atoms with Gasteiger partial charge in [-0.15, -0.1) is 0 Å². The minimum Gasteiger partial charge on any atom is -0.492 e. The number of rotatable bonds is 7. The number of sulfonamides is 1. The SMILES string of the molecule is Cc1ccc(S(=O)(=O)N(C)CCOc2ccc(Cl)cc2)cc1[N+](=O)[O-]. The van der Waals surface area contributed by atoms with Crippen LogP contribution >= 0.6 is 11.6 Å². The van der Waals surface area contributed by atoms with Crippen molar-refractivity contribution in [3.8, 4) is 5.75 Å². The van der Waals surface area contributed by atoms with E-state index in [2.05, 4.69) is 0 Å². The van der Waals surface area contributed by atoms with Gasteiger partial charge in [0.1, 0.15) is 12.4 Å². The number of likely N-dealkylation sites (N-methyl/N-ethyl adjacent to an activating group) is 1. The van der Waals surface area contributed by atoms with E-state index in [0.29, 0.717) is 16.3 Å². The van der Waals surface area contributed by atoms with Crippen molar-refractivity contribution in [2.45, 2.75) is 11.8 Å². The third kappa shape index (κ3) is 4.68. The summed E-state index contributed by atoms with van der Waals surface area (Å²) in [5.41, 5.74) is 0.171. The molecule has 0 aliphatic carbocycles. The highest BCUT2D eigenvalue weighted by Gasteiger charge is 2.24. The highest BCUT2D eigenvalue weighted by atomic mass is 35.5. The van der Waals surface area contributed by atoms with Crippen molar-refractivity contribution in [3.05, 3.63) is 63.2 Å². The monoisotopic (exact) mass is 384 g/mol. The van der Waals surface area contributed by atoms with Gasteiger partial charge in [-0.1, -0.05) is 17.7 Å². The lowest BCUT2D eigenvalue weighted by Gasteiger charge is -2.17. The lowest BCUT2D eigenvalue weighted by molar-refractivity contribution is -0.385. The van der Waals surface area contributed by atoms with E-state index in [1.807, 2.05) is 0 Å². The number of nitro groups is 1. The Morgan fingerprint density at radius 2 is 1.84 bits per heavy atom. The van der Waals surface area contributed by atoms with Crippen LogP contribution in [0.15, 0.2) is 47.4 Å². The molecule has 0 radical (unpaired) electrons. The van der Waals surface area contributed by atoms with Crippen LogP contribution < -0.4 is 4.74 Å². The maximum Gasteiger partial charge on any atom is 0.273 e. The smallest absolute Gasteiger partial charge is 0.273 e. The van der Waals surface area contributed by atoms with E-state index in [-0.39, 0.29) is 23.7 Å². The standard InChI is InChI=1S/C16H17ClN2O5S/c1-12-3-8-15(11-16(12)19(20)21)25(22,23)18(2)9-10-24-14-6-4-13(17)5-7-14/h3-8,11H,9-10H2,1-2H3. The highest BCUT2D eigenvalue weighted by Crippen LogP contribution is 2.24. The van der Waals surface area contributed by atoms with E-state index in [9.17, 15) is 18.5 Å². The number of nitro benzene ring substituents is 1. The third-order valence-corrected chi connectivity index (χ3v) is 5.68. The van der Waals surface area contributed by atoms with Crippen LogP contribution in [0.4, 0.5) is 5.69 Å². The normalized spacial score (nSPS) is 11.5. The van der Waals surface area contributed by atoms with Gasteiger partial charge >= 0.3 is 0 Å². The molecular weight excluding hydrogens is 368 g/mol. The Morgan fingerprint density at radius 1 is 1.20 bits per heavy atom. The average Bonchev–Trinajstić information content (AvgIpc) is 2.56. The van der Waals surface area contributed by atoms with Crippen molar-refractivity contribution < 1.29 is 18.1 Å². The van der Waals surface area contributed by atoms with Gasteiger partial charge in [0.25, 0.3) is 5.69 Å². The van der Waals surface area contributed by atoms with Crippen LogP contribution in [0.2, 0.25) is 5.02 Å². The fourth-order valence-electron chi connectivity index (χ4n) is 2.07. The average molecular weight is 385 g/mol. The summed E-state index contributed by atoms with van der Waals surface area (Å²) in [5.74, 6) is 0.571. The molecule has 0 spiro atoms. The summed E-state index contributed by atoms with van der Waals surface area (Å²) in [4.78, 5) is 10.3. The van der Waals surface area contributed by atoms with Gasteiger partial charge in [-0.3, -0.25) is 10.1 Å². The third-order valence-electron chi connectivity index (χ3n) is 3.57. The van der Waals surface area contributed by atoms with Gasteiger partial charge < -0.3 is 4.74 Å². The molecule has 25 heavy (non-hydrogen) atoms. The molecule has 0 heterocycles. The Labute approximate surface area is 151 Å². The second kappa shape index (κ2) is 7.81. The summed E-state index contributed by atoms with van der Waals surface area (Å²) < 4.78 is 31.6. The lowest BCUT2D eigenvalue weighted by Crippen LogP contribution is -2.31. The van der Waals surface area contributed by atoms with Crippen LogP contribution in [0, 0.1) is 17.0 Å². The first-order valence-electron chi connectivity index (χ1n) is 7.31. The molecule has 0 fully saturated rings. The number of hydrogen-bond donors (Lipinski definition) is 0. The van der Waals surface area contributed by atoms with Gasteiger partial charge in [0.05, 0.1) is 9.82 Å². The first-order chi connectivity index (χ1) is 11.7. The largest absolute Gasteiger partial charge is 0.492 e. The van der Waals surface area contributed by atoms with Gasteiger partial charge in [0.2, 0.25) is 10.0 Å². The predicted molar refractivity (Wildman–Crippen MR) is 94.6 cm³/mol. The van der Waals surface area contributed by atoms with Crippen molar-refractivity contribution in [1.29, 1.82) is 0 Å². The van der Waals surface area contributed by atoms with E-state index in [1.165, 1.54) is 19.2 Å². The molecule has 2 aromatic carbocycles. The van der Waals surface area contributed by atoms with E-state index in [4.69, 9.17) is 16.3 Å². The molecule has 0 unspecified atom stereocenters. The van der Waals surface area contributed by atoms with Gasteiger partial charge in [-0.2, -0.15) is 4.31 Å². The molecule has 0 aliphatic rings. The van der Waals surface area contributed by atoms with Crippen molar-refractivity contribution >= 4 is 27.3 Å². The number of aryl methyl sites for hydroxylation is 1. The Balaban J connectivity index is 2.07. The highest BCUT2D eigenvalue weighted by molar-refractivity contribution is 7.89. The summed E-state index contributed by atoms with van der Waals surface area (Å²) >= 11 is 5.78. The second-order valence-corrected chi connectivity index (χ2v) is 7.82. The van der Waals surface area contributed by atoms with Crippen LogP contribution in [-0.4, -0.2) is 37.8 Å². The minimum atomic E-state index is -3.85. The van der Waals surface area contributed by atoms with Gasteiger partial charge in [-0.05, 0) is 37.3 Å².